The van der Waals surface area contributed by atoms with Crippen molar-refractivity contribution in [3.8, 4) is 6.08 Å². The highest BCUT2D eigenvalue weighted by molar-refractivity contribution is 9.10. The summed E-state index contributed by atoms with van der Waals surface area (Å²) < 4.78 is 11.5. The zero-order chi connectivity index (χ0) is 11.4. The van der Waals surface area contributed by atoms with Gasteiger partial charge in [-0.2, -0.15) is 4.98 Å². The lowest BCUT2D eigenvalue weighted by atomic mass is 10.2. The maximum absolute atomic E-state index is 5.60. The quantitative estimate of drug-likeness (QED) is 0.807. The minimum Gasteiger partial charge on any atom is -0.445 e. The first-order valence-electron chi connectivity index (χ1n) is 4.66. The molecule has 0 fully saturated rings. The Balaban J connectivity index is 1.99. The molecule has 16 heavy (non-hydrogen) atoms. The second-order valence-corrected chi connectivity index (χ2v) is 4.24. The van der Waals surface area contributed by atoms with Crippen LogP contribution in [0.3, 0.4) is 0 Å². The molecule has 1 aromatic carbocycles. The summed E-state index contributed by atoms with van der Waals surface area (Å²) in [5.74, 6) is 0.321. The molecule has 84 valence electrons. The average Bonchev–Trinajstić information content (AvgIpc) is 2.76. The Morgan fingerprint density at radius 1 is 1.38 bits per heavy atom. The third-order valence-electron chi connectivity index (χ3n) is 1.98. The number of hydrogen-bond acceptors (Lipinski definition) is 3. The first-order valence-corrected chi connectivity index (χ1v) is 5.99. The molecule has 2 rings (SSSR count). The van der Waals surface area contributed by atoms with Crippen LogP contribution in [0.4, 0.5) is 0 Å². The molecule has 0 saturated heterocycles. The lowest BCUT2D eigenvalue weighted by Gasteiger charge is -2.03. The van der Waals surface area contributed by atoms with E-state index in [1.54, 1.807) is 0 Å². The van der Waals surface area contributed by atoms with Crippen LogP contribution >= 0.6 is 27.5 Å². The Labute approximate surface area is 107 Å². The molecule has 0 unspecified atom stereocenters. The van der Waals surface area contributed by atoms with Gasteiger partial charge in [0, 0.05) is 10.0 Å². The van der Waals surface area contributed by atoms with E-state index in [1.807, 2.05) is 24.3 Å². The van der Waals surface area contributed by atoms with Crippen molar-refractivity contribution in [2.24, 2.45) is 0 Å². The zero-order valence-corrected chi connectivity index (χ0v) is 10.7. The monoisotopic (exact) mass is 301 g/mol. The van der Waals surface area contributed by atoms with Crippen molar-refractivity contribution in [2.45, 2.75) is 12.5 Å². The number of nitrogens with zero attached hydrogens (tertiary/aromatic N) is 1. The third kappa shape index (κ3) is 2.77. The minimum absolute atomic E-state index is 0.242. The van der Waals surface area contributed by atoms with Crippen molar-refractivity contribution in [1.29, 1.82) is 0 Å². The van der Waals surface area contributed by atoms with Crippen LogP contribution in [0.25, 0.3) is 0 Å². The molecule has 0 N–H and O–H groups in total. The van der Waals surface area contributed by atoms with E-state index in [1.165, 1.54) is 6.26 Å². The summed E-state index contributed by atoms with van der Waals surface area (Å²) >= 11 is 9.03. The molecule has 3 nitrogen and oxygen atoms in total. The lowest BCUT2D eigenvalue weighted by molar-refractivity contribution is 0.219. The lowest BCUT2D eigenvalue weighted by Crippen LogP contribution is -1.96. The molecule has 0 aliphatic rings. The summed E-state index contributed by atoms with van der Waals surface area (Å²) in [5.41, 5.74) is 1.71. The molecule has 0 aliphatic heterocycles. The van der Waals surface area contributed by atoms with Crippen LogP contribution in [-0.2, 0) is 12.5 Å². The number of rotatable bonds is 4. The fourth-order valence-corrected chi connectivity index (χ4v) is 1.69. The zero-order valence-electron chi connectivity index (χ0n) is 8.32. The Morgan fingerprint density at radius 3 is 2.88 bits per heavy atom. The molecule has 1 aromatic heterocycles. The first kappa shape index (κ1) is 11.5. The van der Waals surface area contributed by atoms with Gasteiger partial charge in [-0.05, 0) is 6.07 Å². The maximum atomic E-state index is 5.60. The Kier molecular flexibility index (Phi) is 3.85. The second kappa shape index (κ2) is 5.37. The molecule has 5 heteroatoms. The standard InChI is InChI=1S/C11H9BrClNO2/c12-10-4-2-1-3-8(10)6-15-11-14-9(5-13)7-16-11/h1-4,7H,5-6H2. The summed E-state index contributed by atoms with van der Waals surface area (Å²) in [6.45, 7) is 0.406. The molecule has 2 aromatic rings. The summed E-state index contributed by atoms with van der Waals surface area (Å²) in [4.78, 5) is 4.04. The van der Waals surface area contributed by atoms with Gasteiger partial charge in [-0.3, -0.25) is 0 Å². The van der Waals surface area contributed by atoms with Gasteiger partial charge in [0.15, 0.2) is 0 Å². The number of alkyl halides is 1. The molecule has 0 bridgehead atoms. The van der Waals surface area contributed by atoms with Gasteiger partial charge in [-0.25, -0.2) is 0 Å². The average molecular weight is 303 g/mol. The SMILES string of the molecule is ClCc1coc(OCc2ccccc2Br)n1. The van der Waals surface area contributed by atoms with Crippen LogP contribution in [0.1, 0.15) is 11.3 Å². The van der Waals surface area contributed by atoms with E-state index in [-0.39, 0.29) is 6.08 Å². The van der Waals surface area contributed by atoms with Gasteiger partial charge in [-0.1, -0.05) is 34.1 Å². The van der Waals surface area contributed by atoms with Gasteiger partial charge in [0.2, 0.25) is 0 Å². The summed E-state index contributed by atoms with van der Waals surface area (Å²) in [6, 6.07) is 7.82. The number of hydrogen-bond donors (Lipinski definition) is 0. The fraction of sp³-hybridized carbons (Fsp3) is 0.182. The van der Waals surface area contributed by atoms with Crippen LogP contribution in [0.2, 0.25) is 0 Å². The smallest absolute Gasteiger partial charge is 0.394 e. The Hall–Kier alpha value is -1.000. The van der Waals surface area contributed by atoms with E-state index >= 15 is 0 Å². The number of oxazole rings is 1. The predicted molar refractivity (Wildman–Crippen MR) is 64.5 cm³/mol. The Bertz CT molecular complexity index is 473. The van der Waals surface area contributed by atoms with Crippen molar-refractivity contribution in [3.05, 3.63) is 46.3 Å². The fourth-order valence-electron chi connectivity index (χ4n) is 1.17. The van der Waals surface area contributed by atoms with E-state index in [4.69, 9.17) is 20.8 Å². The van der Waals surface area contributed by atoms with Crippen molar-refractivity contribution in [1.82, 2.24) is 4.98 Å². The topological polar surface area (TPSA) is 35.3 Å². The van der Waals surface area contributed by atoms with Gasteiger partial charge in [0.05, 0.1) is 11.6 Å². The highest BCUT2D eigenvalue weighted by Crippen LogP contribution is 2.19. The van der Waals surface area contributed by atoms with Crippen LogP contribution in [0.5, 0.6) is 6.08 Å². The second-order valence-electron chi connectivity index (χ2n) is 3.12. The van der Waals surface area contributed by atoms with E-state index in [0.717, 1.165) is 10.0 Å². The number of benzene rings is 1. The van der Waals surface area contributed by atoms with Gasteiger partial charge in [0.25, 0.3) is 0 Å². The van der Waals surface area contributed by atoms with E-state index in [0.29, 0.717) is 18.2 Å². The minimum atomic E-state index is 0.242. The molecular formula is C11H9BrClNO2. The predicted octanol–water partition coefficient (Wildman–Crippen LogP) is 3.75. The molecular weight excluding hydrogens is 293 g/mol. The van der Waals surface area contributed by atoms with Crippen molar-refractivity contribution >= 4 is 27.5 Å². The molecule has 0 saturated carbocycles. The molecule has 0 spiro atoms. The van der Waals surface area contributed by atoms with Gasteiger partial charge in [-0.15, -0.1) is 11.6 Å². The Morgan fingerprint density at radius 2 is 2.19 bits per heavy atom. The van der Waals surface area contributed by atoms with Crippen molar-refractivity contribution in [2.75, 3.05) is 0 Å². The largest absolute Gasteiger partial charge is 0.445 e. The molecule has 0 amide bonds. The number of halogens is 2. The van der Waals surface area contributed by atoms with Crippen molar-refractivity contribution in [3.63, 3.8) is 0 Å². The van der Waals surface area contributed by atoms with Crippen LogP contribution in [0.15, 0.2) is 39.4 Å². The molecule has 1 heterocycles. The van der Waals surface area contributed by atoms with Gasteiger partial charge < -0.3 is 9.15 Å². The van der Waals surface area contributed by atoms with E-state index in [9.17, 15) is 0 Å². The van der Waals surface area contributed by atoms with Gasteiger partial charge in [0.1, 0.15) is 12.9 Å². The summed E-state index contributed by atoms with van der Waals surface area (Å²) in [5, 5.41) is 0. The first-order chi connectivity index (χ1) is 7.79. The van der Waals surface area contributed by atoms with E-state index < -0.39 is 0 Å². The van der Waals surface area contributed by atoms with Crippen LogP contribution in [-0.4, -0.2) is 4.98 Å². The number of ether oxygens (including phenoxy) is 1. The molecule has 0 aliphatic carbocycles. The third-order valence-corrected chi connectivity index (χ3v) is 3.02. The highest BCUT2D eigenvalue weighted by atomic mass is 79.9. The van der Waals surface area contributed by atoms with Crippen LogP contribution < -0.4 is 4.74 Å². The van der Waals surface area contributed by atoms with E-state index in [2.05, 4.69) is 20.9 Å². The summed E-state index contributed by atoms with van der Waals surface area (Å²) in [7, 11) is 0. The molecule has 0 radical (unpaired) electrons. The maximum Gasteiger partial charge on any atom is 0.394 e. The highest BCUT2D eigenvalue weighted by Gasteiger charge is 2.05. The van der Waals surface area contributed by atoms with Crippen LogP contribution in [0, 0.1) is 0 Å². The number of aromatic nitrogens is 1. The summed E-state index contributed by atoms with van der Waals surface area (Å²) in [6.07, 6.45) is 1.73. The van der Waals surface area contributed by atoms with Gasteiger partial charge >= 0.3 is 6.08 Å². The van der Waals surface area contributed by atoms with Crippen molar-refractivity contribution < 1.29 is 9.15 Å². The normalized spacial score (nSPS) is 10.4. The molecule has 0 atom stereocenters.